The topological polar surface area (TPSA) is 72.4 Å². The third-order valence-electron chi connectivity index (χ3n) is 4.83. The third-order valence-corrected chi connectivity index (χ3v) is 4.83. The van der Waals surface area contributed by atoms with Crippen LogP contribution in [0.15, 0.2) is 85.1 Å². The Balaban J connectivity index is 1.44. The molecule has 150 valence electrons. The van der Waals surface area contributed by atoms with Crippen LogP contribution in [0.3, 0.4) is 0 Å². The maximum Gasteiger partial charge on any atom is 0.271 e. The van der Waals surface area contributed by atoms with Crippen molar-refractivity contribution >= 4 is 22.7 Å². The summed E-state index contributed by atoms with van der Waals surface area (Å²) in [7, 11) is 1.88. The van der Waals surface area contributed by atoms with Crippen LogP contribution in [0.5, 0.6) is 5.75 Å². The SMILES string of the molecule is Cn1cc(C(=O)NNC(=O)c2ccccc2COc2ccccc2)c2ccccc21. The Morgan fingerprint density at radius 1 is 0.800 bits per heavy atom. The van der Waals surface area contributed by atoms with Gasteiger partial charge < -0.3 is 9.30 Å². The number of aromatic nitrogens is 1. The molecule has 1 heterocycles. The average Bonchev–Trinajstić information content (AvgIpc) is 3.13. The van der Waals surface area contributed by atoms with Crippen LogP contribution in [0.25, 0.3) is 10.9 Å². The van der Waals surface area contributed by atoms with E-state index in [0.717, 1.165) is 22.2 Å². The third kappa shape index (κ3) is 4.03. The molecule has 4 aromatic rings. The highest BCUT2D eigenvalue weighted by Gasteiger charge is 2.16. The molecule has 6 heteroatoms. The number of rotatable bonds is 5. The Morgan fingerprint density at radius 3 is 2.23 bits per heavy atom. The van der Waals surface area contributed by atoms with E-state index in [4.69, 9.17) is 4.74 Å². The smallest absolute Gasteiger partial charge is 0.271 e. The van der Waals surface area contributed by atoms with Gasteiger partial charge in [-0.1, -0.05) is 54.6 Å². The van der Waals surface area contributed by atoms with Gasteiger partial charge in [0.2, 0.25) is 0 Å². The monoisotopic (exact) mass is 399 g/mol. The van der Waals surface area contributed by atoms with Crippen molar-refractivity contribution in [1.82, 2.24) is 15.4 Å². The molecule has 0 saturated heterocycles. The number of hydrazine groups is 1. The summed E-state index contributed by atoms with van der Waals surface area (Å²) >= 11 is 0. The molecule has 0 bridgehead atoms. The highest BCUT2D eigenvalue weighted by molar-refractivity contribution is 6.08. The van der Waals surface area contributed by atoms with Crippen molar-refractivity contribution in [2.45, 2.75) is 6.61 Å². The molecule has 2 N–H and O–H groups in total. The summed E-state index contributed by atoms with van der Waals surface area (Å²) in [6, 6.07) is 24.1. The van der Waals surface area contributed by atoms with Crippen molar-refractivity contribution in [3.8, 4) is 5.75 Å². The van der Waals surface area contributed by atoms with Crippen molar-refractivity contribution in [1.29, 1.82) is 0 Å². The van der Waals surface area contributed by atoms with Gasteiger partial charge in [0, 0.05) is 35.3 Å². The zero-order valence-corrected chi connectivity index (χ0v) is 16.5. The van der Waals surface area contributed by atoms with E-state index in [2.05, 4.69) is 10.9 Å². The second-order valence-corrected chi connectivity index (χ2v) is 6.84. The lowest BCUT2D eigenvalue weighted by atomic mass is 10.1. The van der Waals surface area contributed by atoms with Gasteiger partial charge in [-0.05, 0) is 24.3 Å². The minimum absolute atomic E-state index is 0.241. The Kier molecular flexibility index (Phi) is 5.48. The van der Waals surface area contributed by atoms with Gasteiger partial charge in [0.25, 0.3) is 11.8 Å². The molecule has 3 aromatic carbocycles. The zero-order chi connectivity index (χ0) is 20.9. The van der Waals surface area contributed by atoms with Crippen LogP contribution in [-0.2, 0) is 13.7 Å². The lowest BCUT2D eigenvalue weighted by molar-refractivity contribution is 0.0846. The second kappa shape index (κ2) is 8.53. The highest BCUT2D eigenvalue weighted by atomic mass is 16.5. The number of aryl methyl sites for hydroxylation is 1. The number of hydrogen-bond donors (Lipinski definition) is 2. The Labute approximate surface area is 174 Å². The number of ether oxygens (including phenoxy) is 1. The van der Waals surface area contributed by atoms with Crippen LogP contribution in [0.1, 0.15) is 26.3 Å². The van der Waals surface area contributed by atoms with E-state index >= 15 is 0 Å². The van der Waals surface area contributed by atoms with Crippen LogP contribution in [0, 0.1) is 0 Å². The molecule has 0 spiro atoms. The summed E-state index contributed by atoms with van der Waals surface area (Å²) in [5, 5.41) is 0.823. The molecule has 2 amide bonds. The maximum absolute atomic E-state index is 12.7. The predicted molar refractivity (Wildman–Crippen MR) is 115 cm³/mol. The van der Waals surface area contributed by atoms with Gasteiger partial charge in [0.15, 0.2) is 0 Å². The van der Waals surface area contributed by atoms with E-state index < -0.39 is 5.91 Å². The fourth-order valence-electron chi connectivity index (χ4n) is 3.32. The standard InChI is InChI=1S/C24H21N3O3/c1-27-15-21(20-13-7-8-14-22(20)27)24(29)26-25-23(28)19-12-6-5-9-17(19)16-30-18-10-3-2-4-11-18/h2-15H,16H2,1H3,(H,25,28)(H,26,29). The lowest BCUT2D eigenvalue weighted by Crippen LogP contribution is -2.42. The molecule has 30 heavy (non-hydrogen) atoms. The summed E-state index contributed by atoms with van der Waals surface area (Å²) in [5.74, 6) is -0.0639. The number of para-hydroxylation sites is 2. The predicted octanol–water partition coefficient (Wildman–Crippen LogP) is 3.83. The Bertz CT molecular complexity index is 1200. The fraction of sp³-hybridized carbons (Fsp3) is 0.0833. The van der Waals surface area contributed by atoms with Crippen LogP contribution in [0.2, 0.25) is 0 Å². The number of hydrogen-bond acceptors (Lipinski definition) is 3. The first-order valence-electron chi connectivity index (χ1n) is 9.54. The normalized spacial score (nSPS) is 10.6. The summed E-state index contributed by atoms with van der Waals surface area (Å²) in [6.07, 6.45) is 1.74. The van der Waals surface area contributed by atoms with E-state index in [-0.39, 0.29) is 12.5 Å². The fourth-order valence-corrected chi connectivity index (χ4v) is 3.32. The first kappa shape index (κ1) is 19.3. The van der Waals surface area contributed by atoms with E-state index in [0.29, 0.717) is 11.1 Å². The van der Waals surface area contributed by atoms with Crippen LogP contribution < -0.4 is 15.6 Å². The summed E-state index contributed by atoms with van der Waals surface area (Å²) in [6.45, 7) is 0.241. The molecule has 0 aliphatic rings. The van der Waals surface area contributed by atoms with Gasteiger partial charge in [-0.2, -0.15) is 0 Å². The van der Waals surface area contributed by atoms with Crippen molar-refractivity contribution < 1.29 is 14.3 Å². The molecule has 0 aliphatic heterocycles. The molecule has 0 fully saturated rings. The van der Waals surface area contributed by atoms with E-state index in [1.807, 2.05) is 78.3 Å². The highest BCUT2D eigenvalue weighted by Crippen LogP contribution is 2.20. The van der Waals surface area contributed by atoms with Crippen molar-refractivity contribution in [2.75, 3.05) is 0 Å². The maximum atomic E-state index is 12.7. The van der Waals surface area contributed by atoms with Crippen LogP contribution in [0.4, 0.5) is 0 Å². The number of carbonyl (C=O) groups excluding carboxylic acids is 2. The quantitative estimate of drug-likeness (QED) is 0.501. The molecular formula is C24H21N3O3. The summed E-state index contributed by atoms with van der Waals surface area (Å²) < 4.78 is 7.64. The molecule has 0 atom stereocenters. The van der Waals surface area contributed by atoms with Gasteiger partial charge >= 0.3 is 0 Å². The lowest BCUT2D eigenvalue weighted by Gasteiger charge is -2.12. The van der Waals surface area contributed by atoms with E-state index in [1.54, 1.807) is 18.3 Å². The van der Waals surface area contributed by atoms with Crippen molar-refractivity contribution in [3.63, 3.8) is 0 Å². The van der Waals surface area contributed by atoms with Gasteiger partial charge in [-0.15, -0.1) is 0 Å². The Hall–Kier alpha value is -4.06. The molecular weight excluding hydrogens is 378 g/mol. The molecule has 0 unspecified atom stereocenters. The van der Waals surface area contributed by atoms with Gasteiger partial charge in [-0.25, -0.2) is 0 Å². The van der Waals surface area contributed by atoms with Crippen molar-refractivity contribution in [2.24, 2.45) is 7.05 Å². The number of carbonyl (C=O) groups is 2. The van der Waals surface area contributed by atoms with Gasteiger partial charge in [0.05, 0.1) is 5.56 Å². The summed E-state index contributed by atoms with van der Waals surface area (Å²) in [4.78, 5) is 25.3. The second-order valence-electron chi connectivity index (χ2n) is 6.84. The van der Waals surface area contributed by atoms with Crippen LogP contribution >= 0.6 is 0 Å². The molecule has 0 aliphatic carbocycles. The largest absolute Gasteiger partial charge is 0.489 e. The molecule has 0 saturated carbocycles. The first-order valence-corrected chi connectivity index (χ1v) is 9.54. The van der Waals surface area contributed by atoms with Crippen molar-refractivity contribution in [3.05, 3.63) is 102 Å². The van der Waals surface area contributed by atoms with Gasteiger partial charge in [-0.3, -0.25) is 20.4 Å². The molecule has 0 radical (unpaired) electrons. The number of benzene rings is 3. The summed E-state index contributed by atoms with van der Waals surface area (Å²) in [5.41, 5.74) is 7.61. The Morgan fingerprint density at radius 2 is 1.43 bits per heavy atom. The van der Waals surface area contributed by atoms with Crippen LogP contribution in [-0.4, -0.2) is 16.4 Å². The molecule has 6 nitrogen and oxygen atoms in total. The zero-order valence-electron chi connectivity index (χ0n) is 16.5. The number of nitrogens with one attached hydrogen (secondary N) is 2. The molecule has 1 aromatic heterocycles. The van der Waals surface area contributed by atoms with E-state index in [9.17, 15) is 9.59 Å². The number of nitrogens with zero attached hydrogens (tertiary/aromatic N) is 1. The number of amides is 2. The minimum Gasteiger partial charge on any atom is -0.489 e. The van der Waals surface area contributed by atoms with Gasteiger partial charge in [0.1, 0.15) is 12.4 Å². The van der Waals surface area contributed by atoms with E-state index in [1.165, 1.54) is 0 Å². The average molecular weight is 399 g/mol. The molecule has 4 rings (SSSR count). The first-order chi connectivity index (χ1) is 14.6. The number of fused-ring (bicyclic) bond motifs is 1. The minimum atomic E-state index is -0.407.